The van der Waals surface area contributed by atoms with Crippen LogP contribution in [0.3, 0.4) is 0 Å². The number of hydrogen-bond donors (Lipinski definition) is 0. The van der Waals surface area contributed by atoms with E-state index >= 15 is 0 Å². The number of methoxy groups -OCH3 is 1. The highest BCUT2D eigenvalue weighted by Crippen LogP contribution is 2.21. The fraction of sp³-hybridized carbons (Fsp3) is 0.308. The quantitative estimate of drug-likeness (QED) is 0.788. The number of hydrogen-bond acceptors (Lipinski definition) is 2. The van der Waals surface area contributed by atoms with Crippen molar-refractivity contribution in [1.29, 1.82) is 0 Å². The maximum Gasteiger partial charge on any atom is 0.152 e. The molecule has 3 nitrogen and oxygen atoms in total. The molecule has 84 valence electrons. The summed E-state index contributed by atoms with van der Waals surface area (Å²) in [4.78, 5) is 11.4. The van der Waals surface area contributed by atoms with Gasteiger partial charge in [0.2, 0.25) is 0 Å². The van der Waals surface area contributed by atoms with Crippen molar-refractivity contribution in [3.63, 3.8) is 0 Å². The van der Waals surface area contributed by atoms with E-state index in [1.165, 1.54) is 0 Å². The lowest BCUT2D eigenvalue weighted by molar-refractivity contribution is -0.119. The normalized spacial score (nSPS) is 10.6. The molecule has 1 heterocycles. The first-order valence-electron chi connectivity index (χ1n) is 5.39. The Kier molecular flexibility index (Phi) is 2.95. The lowest BCUT2D eigenvalue weighted by Gasteiger charge is -2.04. The molecule has 0 aliphatic rings. The maximum absolute atomic E-state index is 11.4. The SMILES string of the molecule is CCC(=O)Cn1ccc2cc(OC)ccc21. The number of rotatable bonds is 4. The molecule has 0 saturated heterocycles. The van der Waals surface area contributed by atoms with Gasteiger partial charge in [-0.3, -0.25) is 4.79 Å². The topological polar surface area (TPSA) is 31.2 Å². The van der Waals surface area contributed by atoms with E-state index in [1.54, 1.807) is 7.11 Å². The molecule has 0 amide bonds. The molecule has 2 aromatic rings. The third-order valence-corrected chi connectivity index (χ3v) is 2.72. The van der Waals surface area contributed by atoms with Gasteiger partial charge in [0.1, 0.15) is 5.75 Å². The van der Waals surface area contributed by atoms with Gasteiger partial charge in [0.05, 0.1) is 13.7 Å². The average molecular weight is 217 g/mol. The van der Waals surface area contributed by atoms with Crippen molar-refractivity contribution < 1.29 is 9.53 Å². The Labute approximate surface area is 94.6 Å². The molecule has 0 unspecified atom stereocenters. The Bertz CT molecular complexity index is 514. The third-order valence-electron chi connectivity index (χ3n) is 2.72. The molecule has 0 saturated carbocycles. The zero-order chi connectivity index (χ0) is 11.5. The number of aromatic nitrogens is 1. The van der Waals surface area contributed by atoms with Crippen molar-refractivity contribution >= 4 is 16.7 Å². The van der Waals surface area contributed by atoms with Crippen molar-refractivity contribution in [3.8, 4) is 5.75 Å². The number of fused-ring (bicyclic) bond motifs is 1. The van der Waals surface area contributed by atoms with Crippen LogP contribution in [0.2, 0.25) is 0 Å². The molecular formula is C13H15NO2. The van der Waals surface area contributed by atoms with Crippen LogP contribution >= 0.6 is 0 Å². The number of carbonyl (C=O) groups excluding carboxylic acids is 1. The Morgan fingerprint density at radius 3 is 2.88 bits per heavy atom. The van der Waals surface area contributed by atoms with Gasteiger partial charge in [-0.1, -0.05) is 6.92 Å². The minimum atomic E-state index is 0.244. The Balaban J connectivity index is 2.37. The number of Topliss-reactive ketones (excluding diaryl/α,β-unsaturated/α-hetero) is 1. The Morgan fingerprint density at radius 2 is 2.19 bits per heavy atom. The highest BCUT2D eigenvalue weighted by atomic mass is 16.5. The van der Waals surface area contributed by atoms with Crippen molar-refractivity contribution in [3.05, 3.63) is 30.5 Å². The average Bonchev–Trinajstić information content (AvgIpc) is 2.71. The predicted octanol–water partition coefficient (Wildman–Crippen LogP) is 2.63. The van der Waals surface area contributed by atoms with E-state index in [-0.39, 0.29) is 5.78 Å². The minimum absolute atomic E-state index is 0.244. The summed E-state index contributed by atoms with van der Waals surface area (Å²) >= 11 is 0. The smallest absolute Gasteiger partial charge is 0.152 e. The zero-order valence-electron chi connectivity index (χ0n) is 9.56. The van der Waals surface area contributed by atoms with Gasteiger partial charge in [-0.05, 0) is 24.3 Å². The second-order valence-electron chi connectivity index (χ2n) is 3.76. The molecule has 0 aliphatic heterocycles. The molecule has 16 heavy (non-hydrogen) atoms. The van der Waals surface area contributed by atoms with Gasteiger partial charge in [-0.15, -0.1) is 0 Å². The van der Waals surface area contributed by atoms with Crippen LogP contribution < -0.4 is 4.74 Å². The first kappa shape index (κ1) is 10.7. The highest BCUT2D eigenvalue weighted by Gasteiger charge is 2.05. The summed E-state index contributed by atoms with van der Waals surface area (Å²) in [6.45, 7) is 2.34. The van der Waals surface area contributed by atoms with Crippen molar-refractivity contribution in [1.82, 2.24) is 4.57 Å². The maximum atomic E-state index is 11.4. The third kappa shape index (κ3) is 1.94. The summed E-state index contributed by atoms with van der Waals surface area (Å²) in [5.41, 5.74) is 1.07. The number of ketones is 1. The van der Waals surface area contributed by atoms with E-state index in [2.05, 4.69) is 0 Å². The van der Waals surface area contributed by atoms with Crippen molar-refractivity contribution in [2.24, 2.45) is 0 Å². The number of carbonyl (C=O) groups is 1. The summed E-state index contributed by atoms with van der Waals surface area (Å²) in [6, 6.07) is 7.87. The van der Waals surface area contributed by atoms with Gasteiger partial charge >= 0.3 is 0 Å². The van der Waals surface area contributed by atoms with Gasteiger partial charge in [0.25, 0.3) is 0 Å². The minimum Gasteiger partial charge on any atom is -0.497 e. The fourth-order valence-electron chi connectivity index (χ4n) is 1.74. The van der Waals surface area contributed by atoms with Crippen molar-refractivity contribution in [2.45, 2.75) is 19.9 Å². The molecule has 0 aliphatic carbocycles. The van der Waals surface area contributed by atoms with Crippen LogP contribution in [0.25, 0.3) is 10.9 Å². The summed E-state index contributed by atoms with van der Waals surface area (Å²) in [5.74, 6) is 1.08. The Morgan fingerprint density at radius 1 is 1.38 bits per heavy atom. The first-order chi connectivity index (χ1) is 7.74. The number of ether oxygens (including phenoxy) is 1. The van der Waals surface area contributed by atoms with E-state index in [1.807, 2.05) is 42.0 Å². The second-order valence-corrected chi connectivity index (χ2v) is 3.76. The van der Waals surface area contributed by atoms with Gasteiger partial charge in [-0.2, -0.15) is 0 Å². The standard InChI is InChI=1S/C13H15NO2/c1-3-11(15)9-14-7-6-10-8-12(16-2)4-5-13(10)14/h4-8H,3,9H2,1-2H3. The Hall–Kier alpha value is -1.77. The van der Waals surface area contributed by atoms with Gasteiger partial charge in [0.15, 0.2) is 5.78 Å². The van der Waals surface area contributed by atoms with Gasteiger partial charge < -0.3 is 9.30 Å². The fourth-order valence-corrected chi connectivity index (χ4v) is 1.74. The van der Waals surface area contributed by atoms with Crippen LogP contribution in [-0.2, 0) is 11.3 Å². The largest absolute Gasteiger partial charge is 0.497 e. The molecule has 0 atom stereocenters. The van der Waals surface area contributed by atoms with E-state index < -0.39 is 0 Å². The van der Waals surface area contributed by atoms with Crippen LogP contribution in [0.15, 0.2) is 30.5 Å². The lowest BCUT2D eigenvalue weighted by Crippen LogP contribution is -2.07. The number of nitrogens with zero attached hydrogens (tertiary/aromatic N) is 1. The molecular weight excluding hydrogens is 202 g/mol. The lowest BCUT2D eigenvalue weighted by atomic mass is 10.2. The van der Waals surface area contributed by atoms with Crippen LogP contribution in [0.1, 0.15) is 13.3 Å². The zero-order valence-corrected chi connectivity index (χ0v) is 9.56. The van der Waals surface area contributed by atoms with Gasteiger partial charge in [0, 0.05) is 23.5 Å². The summed E-state index contributed by atoms with van der Waals surface area (Å²) in [6.07, 6.45) is 2.52. The monoisotopic (exact) mass is 217 g/mol. The highest BCUT2D eigenvalue weighted by molar-refractivity contribution is 5.84. The molecule has 0 spiro atoms. The summed E-state index contributed by atoms with van der Waals surface area (Å²) in [5, 5.41) is 1.10. The summed E-state index contributed by atoms with van der Waals surface area (Å²) in [7, 11) is 1.65. The van der Waals surface area contributed by atoms with Crippen LogP contribution in [0.5, 0.6) is 5.75 Å². The molecule has 1 aromatic carbocycles. The van der Waals surface area contributed by atoms with Gasteiger partial charge in [-0.25, -0.2) is 0 Å². The van der Waals surface area contributed by atoms with Crippen LogP contribution in [0, 0.1) is 0 Å². The van der Waals surface area contributed by atoms with E-state index in [9.17, 15) is 4.79 Å². The second kappa shape index (κ2) is 4.39. The molecule has 2 rings (SSSR count). The number of benzene rings is 1. The molecule has 1 aromatic heterocycles. The molecule has 0 bridgehead atoms. The molecule has 3 heteroatoms. The molecule has 0 radical (unpaired) electrons. The van der Waals surface area contributed by atoms with Crippen LogP contribution in [-0.4, -0.2) is 17.5 Å². The van der Waals surface area contributed by atoms with E-state index in [0.29, 0.717) is 13.0 Å². The predicted molar refractivity (Wildman–Crippen MR) is 63.8 cm³/mol. The first-order valence-corrected chi connectivity index (χ1v) is 5.39. The van der Waals surface area contributed by atoms with E-state index in [0.717, 1.165) is 16.7 Å². The summed E-state index contributed by atoms with van der Waals surface area (Å²) < 4.78 is 7.13. The molecule has 0 N–H and O–H groups in total. The van der Waals surface area contributed by atoms with Crippen LogP contribution in [0.4, 0.5) is 0 Å². The van der Waals surface area contributed by atoms with Crippen molar-refractivity contribution in [2.75, 3.05) is 7.11 Å². The molecule has 0 fully saturated rings. The van der Waals surface area contributed by atoms with E-state index in [4.69, 9.17) is 4.74 Å².